The summed E-state index contributed by atoms with van der Waals surface area (Å²) in [6.07, 6.45) is 0. The first-order valence-electron chi connectivity index (χ1n) is 12.7. The number of esters is 2. The van der Waals surface area contributed by atoms with Crippen LogP contribution in [-0.4, -0.2) is 25.7 Å². The number of ether oxygens (including phenoxy) is 3. The van der Waals surface area contributed by atoms with Crippen molar-refractivity contribution in [1.82, 2.24) is 0 Å². The minimum Gasteiger partial charge on any atom is -0.426 e. The predicted molar refractivity (Wildman–Crippen MR) is 154 cm³/mol. The summed E-state index contributed by atoms with van der Waals surface area (Å²) in [6, 6.07) is 31.6. The fourth-order valence-electron chi connectivity index (χ4n) is 3.81. The molecule has 0 radical (unpaired) electrons. The highest BCUT2D eigenvalue weighted by atomic mass is 16.5. The van der Waals surface area contributed by atoms with E-state index in [9.17, 15) is 9.59 Å². The van der Waals surface area contributed by atoms with Crippen molar-refractivity contribution in [2.24, 2.45) is 5.41 Å². The third-order valence-corrected chi connectivity index (χ3v) is 6.12. The van der Waals surface area contributed by atoms with Crippen LogP contribution < -0.4 is 9.47 Å². The maximum Gasteiger partial charge on any atom is 0.341 e. The summed E-state index contributed by atoms with van der Waals surface area (Å²) in [5.41, 5.74) is 6.14. The van der Waals surface area contributed by atoms with Crippen LogP contribution in [0.1, 0.15) is 20.8 Å². The van der Waals surface area contributed by atoms with Crippen LogP contribution in [0.5, 0.6) is 11.5 Å². The molecule has 39 heavy (non-hydrogen) atoms. The summed E-state index contributed by atoms with van der Waals surface area (Å²) in [6.45, 7) is 9.30. The van der Waals surface area contributed by atoms with Gasteiger partial charge >= 0.3 is 11.9 Å². The van der Waals surface area contributed by atoms with Gasteiger partial charge in [-0.3, -0.25) is 4.79 Å². The number of hydrogen-bond donors (Lipinski definition) is 0. The van der Waals surface area contributed by atoms with E-state index in [-0.39, 0.29) is 18.1 Å². The molecule has 0 spiro atoms. The third-order valence-electron chi connectivity index (χ3n) is 6.12. The van der Waals surface area contributed by atoms with Crippen molar-refractivity contribution >= 4 is 11.9 Å². The first kappa shape index (κ1) is 27.6. The van der Waals surface area contributed by atoms with E-state index in [1.54, 1.807) is 12.1 Å². The summed E-state index contributed by atoms with van der Waals surface area (Å²) in [4.78, 5) is 24.1. The highest BCUT2D eigenvalue weighted by molar-refractivity contribution is 5.89. The molecule has 0 aliphatic rings. The minimum absolute atomic E-state index is 0.134. The molecule has 0 aliphatic heterocycles. The molecule has 0 bridgehead atoms. The van der Waals surface area contributed by atoms with Gasteiger partial charge in [0.15, 0.2) is 0 Å². The Balaban J connectivity index is 1.40. The first-order valence-corrected chi connectivity index (χ1v) is 12.7. The summed E-state index contributed by atoms with van der Waals surface area (Å²) in [5, 5.41) is 0. The molecule has 0 fully saturated rings. The van der Waals surface area contributed by atoms with Gasteiger partial charge in [0.1, 0.15) is 11.5 Å². The Morgan fingerprint density at radius 2 is 0.897 bits per heavy atom. The van der Waals surface area contributed by atoms with E-state index in [1.807, 2.05) is 57.2 Å². The largest absolute Gasteiger partial charge is 0.426 e. The maximum absolute atomic E-state index is 12.1. The minimum atomic E-state index is -0.547. The molecule has 4 aromatic carbocycles. The van der Waals surface area contributed by atoms with E-state index in [2.05, 4.69) is 55.1 Å². The van der Waals surface area contributed by atoms with Gasteiger partial charge in [-0.2, -0.15) is 0 Å². The highest BCUT2D eigenvalue weighted by Crippen LogP contribution is 2.29. The monoisotopic (exact) mass is 520 g/mol. The van der Waals surface area contributed by atoms with Crippen molar-refractivity contribution in [2.45, 2.75) is 20.8 Å². The maximum atomic E-state index is 12.1. The van der Waals surface area contributed by atoms with Crippen molar-refractivity contribution in [3.63, 3.8) is 0 Å². The Hall–Kier alpha value is -4.48. The molecule has 5 nitrogen and oxygen atoms in total. The van der Waals surface area contributed by atoms with Crippen LogP contribution in [0.3, 0.4) is 0 Å². The van der Waals surface area contributed by atoms with E-state index in [0.717, 1.165) is 33.4 Å². The number of carbonyl (C=O) groups excluding carboxylic acids is 2. The van der Waals surface area contributed by atoms with Crippen molar-refractivity contribution in [2.75, 3.05) is 13.7 Å². The van der Waals surface area contributed by atoms with E-state index in [0.29, 0.717) is 11.5 Å². The van der Waals surface area contributed by atoms with Gasteiger partial charge < -0.3 is 14.2 Å². The molecule has 0 saturated heterocycles. The average molecular weight is 521 g/mol. The van der Waals surface area contributed by atoms with Crippen molar-refractivity contribution in [3.8, 4) is 44.9 Å². The van der Waals surface area contributed by atoms with Crippen LogP contribution >= 0.6 is 0 Å². The van der Waals surface area contributed by atoms with Crippen molar-refractivity contribution in [1.29, 1.82) is 0 Å². The normalized spacial score (nSPS) is 11.1. The second kappa shape index (κ2) is 11.9. The molecule has 4 aromatic rings. The first-order chi connectivity index (χ1) is 18.6. The summed E-state index contributed by atoms with van der Waals surface area (Å²) in [7, 11) is 1.50. The Kier molecular flexibility index (Phi) is 8.43. The summed E-state index contributed by atoms with van der Waals surface area (Å²) in [5.74, 6) is 0.240. The lowest BCUT2D eigenvalue weighted by atomic mass is 9.97. The Morgan fingerprint density at radius 1 is 0.590 bits per heavy atom. The van der Waals surface area contributed by atoms with Crippen LogP contribution in [0.4, 0.5) is 0 Å². The van der Waals surface area contributed by atoms with Gasteiger partial charge in [0.2, 0.25) is 0 Å². The standard InChI is InChI=1S/C34H32O5/c1-23(22-37-5)32(35)38-30-18-14-28(15-19-30)26-10-6-24(7-11-26)25-8-12-27(13-9-25)29-16-20-31(21-17-29)39-33(36)34(2,3)4/h6-21H,1,22H2,2-5H3. The zero-order valence-corrected chi connectivity index (χ0v) is 22.7. The average Bonchev–Trinajstić information content (AvgIpc) is 2.94. The highest BCUT2D eigenvalue weighted by Gasteiger charge is 2.23. The Bertz CT molecular complexity index is 1440. The van der Waals surface area contributed by atoms with Gasteiger partial charge in [-0.1, -0.05) is 79.4 Å². The molecule has 0 aliphatic carbocycles. The van der Waals surface area contributed by atoms with Gasteiger partial charge in [0.05, 0.1) is 17.6 Å². The third kappa shape index (κ3) is 7.09. The number of methoxy groups -OCH3 is 1. The number of benzene rings is 4. The summed E-state index contributed by atoms with van der Waals surface area (Å²) >= 11 is 0. The van der Waals surface area contributed by atoms with Gasteiger partial charge in [-0.25, -0.2) is 4.79 Å². The van der Waals surface area contributed by atoms with Crippen LogP contribution in [0.25, 0.3) is 33.4 Å². The molecular weight excluding hydrogens is 488 g/mol. The smallest absolute Gasteiger partial charge is 0.341 e. The summed E-state index contributed by atoms with van der Waals surface area (Å²) < 4.78 is 15.7. The molecule has 4 rings (SSSR count). The molecule has 0 N–H and O–H groups in total. The second-order valence-electron chi connectivity index (χ2n) is 10.3. The fourth-order valence-corrected chi connectivity index (χ4v) is 3.81. The molecule has 0 atom stereocenters. The number of hydrogen-bond acceptors (Lipinski definition) is 5. The zero-order chi connectivity index (χ0) is 28.0. The lowest BCUT2D eigenvalue weighted by molar-refractivity contribution is -0.143. The van der Waals surface area contributed by atoms with Crippen LogP contribution in [0.2, 0.25) is 0 Å². The Morgan fingerprint density at radius 3 is 1.21 bits per heavy atom. The molecule has 0 amide bonds. The van der Waals surface area contributed by atoms with Crippen LogP contribution in [0, 0.1) is 5.41 Å². The van der Waals surface area contributed by atoms with Crippen molar-refractivity contribution in [3.05, 3.63) is 109 Å². The molecule has 198 valence electrons. The van der Waals surface area contributed by atoms with E-state index in [1.165, 1.54) is 7.11 Å². The molecule has 0 saturated carbocycles. The predicted octanol–water partition coefficient (Wildman–Crippen LogP) is 7.75. The van der Waals surface area contributed by atoms with Gasteiger partial charge in [0, 0.05) is 7.11 Å². The fraction of sp³-hybridized carbons (Fsp3) is 0.176. The quantitative estimate of drug-likeness (QED) is 0.135. The van der Waals surface area contributed by atoms with E-state index < -0.39 is 11.4 Å². The second-order valence-corrected chi connectivity index (χ2v) is 10.3. The van der Waals surface area contributed by atoms with Gasteiger partial charge in [-0.15, -0.1) is 0 Å². The molecule has 5 heteroatoms. The molecule has 0 aromatic heterocycles. The Labute approximate surface area is 229 Å². The van der Waals surface area contributed by atoms with Gasteiger partial charge in [-0.05, 0) is 78.4 Å². The zero-order valence-electron chi connectivity index (χ0n) is 22.7. The van der Waals surface area contributed by atoms with Crippen LogP contribution in [-0.2, 0) is 14.3 Å². The SMILES string of the molecule is C=C(COC)C(=O)Oc1ccc(-c2ccc(-c3ccc(-c4ccc(OC(=O)C(C)(C)C)cc4)cc3)cc2)cc1. The number of rotatable bonds is 8. The molecule has 0 unspecified atom stereocenters. The van der Waals surface area contributed by atoms with Crippen molar-refractivity contribution < 1.29 is 23.8 Å². The van der Waals surface area contributed by atoms with E-state index >= 15 is 0 Å². The molecular formula is C34H32O5. The molecule has 0 heterocycles. The van der Waals surface area contributed by atoms with E-state index in [4.69, 9.17) is 14.2 Å². The van der Waals surface area contributed by atoms with Crippen LogP contribution in [0.15, 0.2) is 109 Å². The number of carbonyl (C=O) groups is 2. The lowest BCUT2D eigenvalue weighted by Crippen LogP contribution is -2.25. The lowest BCUT2D eigenvalue weighted by Gasteiger charge is -2.16. The van der Waals surface area contributed by atoms with Gasteiger partial charge in [0.25, 0.3) is 0 Å². The topological polar surface area (TPSA) is 61.8 Å².